The minimum absolute atomic E-state index is 0.261. The molecule has 0 unspecified atom stereocenters. The molecular weight excluding hydrogens is 553 g/mol. The Morgan fingerprint density at radius 1 is 0.590 bits per heavy atom. The van der Waals surface area contributed by atoms with E-state index >= 15 is 0 Å². The predicted molar refractivity (Wildman–Crippen MR) is 164 cm³/mol. The molecule has 0 heterocycles. The monoisotopic (exact) mass is 594 g/mol. The van der Waals surface area contributed by atoms with E-state index in [4.69, 9.17) is 13.6 Å². The van der Waals surface area contributed by atoms with Crippen molar-refractivity contribution in [3.05, 3.63) is 65.7 Å². The van der Waals surface area contributed by atoms with Crippen molar-refractivity contribution in [1.82, 2.24) is 0 Å². The quantitative estimate of drug-likeness (QED) is 0.141. The van der Waals surface area contributed by atoms with Gasteiger partial charge in [0.05, 0.1) is 0 Å². The summed E-state index contributed by atoms with van der Waals surface area (Å²) >= 11 is 0. The maximum absolute atomic E-state index is 12.9. The zero-order valence-corrected chi connectivity index (χ0v) is 26.5. The molecule has 0 fully saturated rings. The highest BCUT2D eigenvalue weighted by Gasteiger charge is 2.23. The van der Waals surface area contributed by atoms with Crippen LogP contribution >= 0.6 is 22.1 Å². The van der Waals surface area contributed by atoms with Crippen molar-refractivity contribution in [1.29, 1.82) is 0 Å². The smallest absolute Gasteiger partial charge is 0.247 e. The van der Waals surface area contributed by atoms with Crippen molar-refractivity contribution in [3.63, 3.8) is 0 Å². The maximum Gasteiger partial charge on any atom is 0.247 e. The molecule has 0 N–H and O–H groups in total. The first kappa shape index (κ1) is 32.9. The molecule has 0 saturated heterocycles. The Morgan fingerprint density at radius 2 is 0.974 bits per heavy atom. The van der Waals surface area contributed by atoms with Gasteiger partial charge in [0.25, 0.3) is 0 Å². The molecule has 2 rings (SSSR count). The minimum Gasteiger partial charge on any atom is -0.443 e. The molecule has 39 heavy (non-hydrogen) atoms. The molecule has 0 aromatic heterocycles. The fraction of sp³-hybridized carbons (Fsp3) is 0.414. The topological polar surface area (TPSA) is 96.0 Å². The Hall–Kier alpha value is -2.32. The first-order valence-corrected chi connectivity index (χ1v) is 19.4. The van der Waals surface area contributed by atoms with Gasteiger partial charge in [-0.2, -0.15) is 0 Å². The van der Waals surface area contributed by atoms with Crippen LogP contribution in [0.15, 0.2) is 54.6 Å². The summed E-state index contributed by atoms with van der Waals surface area (Å²) in [6.07, 6.45) is 8.53. The van der Waals surface area contributed by atoms with Gasteiger partial charge in [-0.15, -0.1) is 0 Å². The molecule has 0 aliphatic carbocycles. The molecule has 2 aromatic rings. The summed E-state index contributed by atoms with van der Waals surface area (Å²) in [6, 6.07) is 12.1. The molecule has 0 spiro atoms. The van der Waals surface area contributed by atoms with E-state index in [0.29, 0.717) is 59.8 Å². The third-order valence-corrected chi connectivity index (χ3v) is 13.8. The summed E-state index contributed by atoms with van der Waals surface area (Å²) in [5.74, 6) is 0.927. The summed E-state index contributed by atoms with van der Waals surface area (Å²) < 4.78 is 56.0. The number of benzene rings is 2. The highest BCUT2D eigenvalue weighted by molar-refractivity contribution is 7.59. The number of ketones is 1. The van der Waals surface area contributed by atoms with Gasteiger partial charge in [-0.3, -0.25) is 18.5 Å². The summed E-state index contributed by atoms with van der Waals surface area (Å²) in [6.45, 7) is 10.9. The standard InChI is InChI=1S/C29H41O7P3/c1-7-37(31,8-2)34-27-15-13-14-24(20-27)16-18-26(30)19-17-25-21-28(35-38(32,9-3)10-4)23-29(22-25)36-39(33,11-5)12-6/h13-23H,7-12H2,1-6H3. The van der Waals surface area contributed by atoms with E-state index in [9.17, 15) is 18.5 Å². The lowest BCUT2D eigenvalue weighted by Crippen LogP contribution is -2.01. The van der Waals surface area contributed by atoms with Crippen LogP contribution in [0.3, 0.4) is 0 Å². The molecule has 0 radical (unpaired) electrons. The van der Waals surface area contributed by atoms with E-state index in [0.717, 1.165) is 5.56 Å². The van der Waals surface area contributed by atoms with E-state index in [-0.39, 0.29) is 5.78 Å². The van der Waals surface area contributed by atoms with Gasteiger partial charge in [0.2, 0.25) is 22.1 Å². The largest absolute Gasteiger partial charge is 0.443 e. The number of hydrogen-bond donors (Lipinski definition) is 0. The molecule has 0 aliphatic heterocycles. The van der Waals surface area contributed by atoms with E-state index in [1.807, 2.05) is 47.6 Å². The van der Waals surface area contributed by atoms with Crippen LogP contribution in [0.4, 0.5) is 0 Å². The molecule has 0 amide bonds. The fourth-order valence-electron chi connectivity index (χ4n) is 3.52. The van der Waals surface area contributed by atoms with Gasteiger partial charge < -0.3 is 13.6 Å². The molecule has 0 saturated carbocycles. The van der Waals surface area contributed by atoms with Crippen molar-refractivity contribution in [2.24, 2.45) is 0 Å². The molecule has 10 heteroatoms. The predicted octanol–water partition coefficient (Wildman–Crippen LogP) is 9.07. The van der Waals surface area contributed by atoms with Crippen LogP contribution in [0.25, 0.3) is 12.2 Å². The zero-order chi connectivity index (χ0) is 29.1. The van der Waals surface area contributed by atoms with Crippen LogP contribution < -0.4 is 13.6 Å². The molecule has 0 bridgehead atoms. The third kappa shape index (κ3) is 10.3. The second kappa shape index (κ2) is 14.9. The first-order valence-electron chi connectivity index (χ1n) is 13.4. The van der Waals surface area contributed by atoms with E-state index in [1.165, 1.54) is 12.2 Å². The van der Waals surface area contributed by atoms with Crippen LogP contribution in [-0.4, -0.2) is 42.8 Å². The van der Waals surface area contributed by atoms with Gasteiger partial charge in [-0.1, -0.05) is 65.8 Å². The molecular formula is C29H41O7P3. The van der Waals surface area contributed by atoms with Crippen LogP contribution in [0.1, 0.15) is 52.7 Å². The Labute approximate surface area is 233 Å². The SMILES string of the molecule is CCP(=O)(CC)Oc1cccc(C=CC(=O)C=Cc2cc(OP(=O)(CC)CC)cc(OP(=O)(CC)CC)c2)c1. The summed E-state index contributed by atoms with van der Waals surface area (Å²) in [4.78, 5) is 12.6. The van der Waals surface area contributed by atoms with E-state index in [1.54, 1.807) is 48.6 Å². The number of allylic oxidation sites excluding steroid dienone is 2. The Morgan fingerprint density at radius 3 is 1.41 bits per heavy atom. The van der Waals surface area contributed by atoms with Gasteiger partial charge in [0.1, 0.15) is 17.2 Å². The van der Waals surface area contributed by atoms with Crippen molar-refractivity contribution in [2.45, 2.75) is 41.5 Å². The molecule has 0 aliphatic rings. The van der Waals surface area contributed by atoms with Crippen molar-refractivity contribution < 1.29 is 32.1 Å². The van der Waals surface area contributed by atoms with Gasteiger partial charge in [-0.25, -0.2) is 0 Å². The molecule has 7 nitrogen and oxygen atoms in total. The highest BCUT2D eigenvalue weighted by atomic mass is 31.2. The van der Waals surface area contributed by atoms with E-state index < -0.39 is 22.1 Å². The Kier molecular flexibility index (Phi) is 12.6. The molecule has 0 atom stereocenters. The number of rotatable bonds is 16. The second-order valence-corrected chi connectivity index (χ2v) is 18.2. The van der Waals surface area contributed by atoms with Crippen molar-refractivity contribution in [3.8, 4) is 17.2 Å². The molecule has 2 aromatic carbocycles. The highest BCUT2D eigenvalue weighted by Crippen LogP contribution is 2.50. The first-order chi connectivity index (χ1) is 18.4. The fourth-order valence-corrected chi connectivity index (χ4v) is 7.11. The Balaban J connectivity index is 2.28. The van der Waals surface area contributed by atoms with E-state index in [2.05, 4.69) is 0 Å². The van der Waals surface area contributed by atoms with Crippen LogP contribution in [0, 0.1) is 0 Å². The summed E-state index contributed by atoms with van der Waals surface area (Å²) in [5.41, 5.74) is 1.33. The molecule has 214 valence electrons. The summed E-state index contributed by atoms with van der Waals surface area (Å²) in [5, 5.41) is 0. The Bertz CT molecular complexity index is 1260. The lowest BCUT2D eigenvalue weighted by atomic mass is 10.1. The van der Waals surface area contributed by atoms with Gasteiger partial charge >= 0.3 is 0 Å². The average Bonchev–Trinajstić information content (AvgIpc) is 2.94. The zero-order valence-electron chi connectivity index (χ0n) is 23.8. The maximum atomic E-state index is 12.9. The van der Waals surface area contributed by atoms with Gasteiger partial charge in [0.15, 0.2) is 5.78 Å². The lowest BCUT2D eigenvalue weighted by molar-refractivity contribution is -0.110. The van der Waals surface area contributed by atoms with Crippen LogP contribution in [0.5, 0.6) is 17.2 Å². The number of hydrogen-bond acceptors (Lipinski definition) is 7. The van der Waals surface area contributed by atoms with Crippen molar-refractivity contribution >= 4 is 40.0 Å². The number of carbonyl (C=O) groups is 1. The van der Waals surface area contributed by atoms with Gasteiger partial charge in [0, 0.05) is 43.0 Å². The van der Waals surface area contributed by atoms with Crippen LogP contribution in [-0.2, 0) is 18.5 Å². The van der Waals surface area contributed by atoms with Crippen molar-refractivity contribution in [2.75, 3.05) is 37.0 Å². The van der Waals surface area contributed by atoms with Gasteiger partial charge in [-0.05, 0) is 47.5 Å². The lowest BCUT2D eigenvalue weighted by Gasteiger charge is -2.20. The average molecular weight is 595 g/mol. The third-order valence-electron chi connectivity index (χ3n) is 6.35. The minimum atomic E-state index is -2.87. The summed E-state index contributed by atoms with van der Waals surface area (Å²) in [7, 11) is -8.44. The normalized spacial score (nSPS) is 12.7. The van der Waals surface area contributed by atoms with Crippen LogP contribution in [0.2, 0.25) is 0 Å². The second-order valence-electron chi connectivity index (χ2n) is 8.99. The number of carbonyl (C=O) groups excluding carboxylic acids is 1.